The average Bonchev–Trinajstić information content (AvgIpc) is 3.41. The van der Waals surface area contributed by atoms with E-state index in [4.69, 9.17) is 4.42 Å². The molecule has 9 nitrogen and oxygen atoms in total. The number of rotatable bonds is 7. The number of carbonyl (C=O) groups is 1. The smallest absolute Gasteiger partial charge is 0.257 e. The summed E-state index contributed by atoms with van der Waals surface area (Å²) in [5, 5.41) is 7.85. The summed E-state index contributed by atoms with van der Waals surface area (Å²) in [7, 11) is -3.79. The fourth-order valence-electron chi connectivity index (χ4n) is 3.28. The van der Waals surface area contributed by atoms with Crippen LogP contribution in [0.3, 0.4) is 0 Å². The summed E-state index contributed by atoms with van der Waals surface area (Å²) in [6.45, 7) is 5.80. The number of sulfonamides is 1. The molecule has 3 aromatic heterocycles. The lowest BCUT2D eigenvalue weighted by molar-refractivity contribution is 0.102. The van der Waals surface area contributed by atoms with Gasteiger partial charge in [0.25, 0.3) is 5.91 Å². The molecule has 0 atom stereocenters. The Morgan fingerprint density at radius 3 is 2.72 bits per heavy atom. The van der Waals surface area contributed by atoms with Crippen molar-refractivity contribution in [3.8, 4) is 0 Å². The van der Waals surface area contributed by atoms with Gasteiger partial charge in [0, 0.05) is 17.1 Å². The highest BCUT2D eigenvalue weighted by atomic mass is 32.2. The van der Waals surface area contributed by atoms with Gasteiger partial charge in [0.05, 0.1) is 35.2 Å². The standard InChI is InChI=1S/C22H23N5O4S/c1-14(2)27-21-16(12-23-27)10-20(15(3)25-21)22(28)26-17-6-4-8-19(11-17)32(29,30)24-13-18-7-5-9-31-18/h4-12,14,24H,13H2,1-3H3,(H,26,28). The third-order valence-electron chi connectivity index (χ3n) is 4.91. The number of aromatic nitrogens is 3. The number of hydrogen-bond donors (Lipinski definition) is 2. The number of hydrogen-bond acceptors (Lipinski definition) is 6. The predicted octanol–water partition coefficient (Wildman–Crippen LogP) is 3.64. The minimum Gasteiger partial charge on any atom is -0.468 e. The molecule has 0 bridgehead atoms. The summed E-state index contributed by atoms with van der Waals surface area (Å²) >= 11 is 0. The van der Waals surface area contributed by atoms with Crippen LogP contribution in [0.1, 0.15) is 41.7 Å². The van der Waals surface area contributed by atoms with E-state index in [1.54, 1.807) is 48.1 Å². The molecular formula is C22H23N5O4S. The molecule has 0 aliphatic carbocycles. The van der Waals surface area contributed by atoms with Crippen LogP contribution in [-0.4, -0.2) is 29.1 Å². The van der Waals surface area contributed by atoms with Crippen LogP contribution >= 0.6 is 0 Å². The van der Waals surface area contributed by atoms with Crippen molar-refractivity contribution in [2.45, 2.75) is 38.3 Å². The van der Waals surface area contributed by atoms with E-state index in [1.807, 2.05) is 13.8 Å². The zero-order valence-electron chi connectivity index (χ0n) is 17.9. The SMILES string of the molecule is Cc1nc2c(cnn2C(C)C)cc1C(=O)Nc1cccc(S(=O)(=O)NCc2ccco2)c1. The van der Waals surface area contributed by atoms with Gasteiger partial charge < -0.3 is 9.73 Å². The van der Waals surface area contributed by atoms with E-state index in [-0.39, 0.29) is 23.4 Å². The maximum Gasteiger partial charge on any atom is 0.257 e. The molecule has 10 heteroatoms. The van der Waals surface area contributed by atoms with E-state index in [9.17, 15) is 13.2 Å². The molecule has 0 aliphatic rings. The van der Waals surface area contributed by atoms with Crippen molar-refractivity contribution < 1.29 is 17.6 Å². The molecule has 4 aromatic rings. The van der Waals surface area contributed by atoms with Crippen molar-refractivity contribution in [3.63, 3.8) is 0 Å². The molecule has 166 valence electrons. The lowest BCUT2D eigenvalue weighted by atomic mass is 10.1. The van der Waals surface area contributed by atoms with Crippen LogP contribution in [-0.2, 0) is 16.6 Å². The molecule has 0 saturated heterocycles. The van der Waals surface area contributed by atoms with Gasteiger partial charge in [-0.3, -0.25) is 4.79 Å². The van der Waals surface area contributed by atoms with Gasteiger partial charge in [-0.05, 0) is 57.2 Å². The lowest BCUT2D eigenvalue weighted by Crippen LogP contribution is -2.23. The number of carbonyl (C=O) groups excluding carboxylic acids is 1. The van der Waals surface area contributed by atoms with E-state index in [2.05, 4.69) is 20.1 Å². The van der Waals surface area contributed by atoms with Crippen LogP contribution < -0.4 is 10.0 Å². The highest BCUT2D eigenvalue weighted by Crippen LogP contribution is 2.21. The van der Waals surface area contributed by atoms with Gasteiger partial charge in [-0.25, -0.2) is 22.8 Å². The zero-order chi connectivity index (χ0) is 22.9. The van der Waals surface area contributed by atoms with Crippen LogP contribution in [0, 0.1) is 6.92 Å². The van der Waals surface area contributed by atoms with E-state index >= 15 is 0 Å². The first-order valence-corrected chi connectivity index (χ1v) is 11.5. The first-order valence-electron chi connectivity index (χ1n) is 10.0. The molecule has 4 rings (SSSR count). The predicted molar refractivity (Wildman–Crippen MR) is 120 cm³/mol. The Hall–Kier alpha value is -3.50. The second-order valence-corrected chi connectivity index (χ2v) is 9.37. The molecule has 0 fully saturated rings. The Labute approximate surface area is 185 Å². The fourth-order valence-corrected chi connectivity index (χ4v) is 4.31. The third kappa shape index (κ3) is 4.41. The molecular weight excluding hydrogens is 430 g/mol. The normalized spacial score (nSPS) is 11.9. The summed E-state index contributed by atoms with van der Waals surface area (Å²) in [5.74, 6) is 0.115. The number of anilines is 1. The van der Waals surface area contributed by atoms with Crippen LogP contribution in [0.5, 0.6) is 0 Å². The van der Waals surface area contributed by atoms with E-state index in [0.29, 0.717) is 28.4 Å². The zero-order valence-corrected chi connectivity index (χ0v) is 18.7. The average molecular weight is 454 g/mol. The minimum atomic E-state index is -3.79. The number of pyridine rings is 1. The number of amides is 1. The van der Waals surface area contributed by atoms with Gasteiger partial charge in [-0.1, -0.05) is 6.07 Å². The molecule has 0 spiro atoms. The Bertz CT molecular complexity index is 1370. The summed E-state index contributed by atoms with van der Waals surface area (Å²) in [6, 6.07) is 11.3. The summed E-state index contributed by atoms with van der Waals surface area (Å²) < 4.78 is 34.6. The van der Waals surface area contributed by atoms with E-state index < -0.39 is 10.0 Å². The number of nitrogens with zero attached hydrogens (tertiary/aromatic N) is 3. The Kier molecular flexibility index (Phi) is 5.81. The molecule has 1 amide bonds. The van der Waals surface area contributed by atoms with Crippen molar-refractivity contribution in [2.24, 2.45) is 0 Å². The monoisotopic (exact) mass is 453 g/mol. The molecule has 32 heavy (non-hydrogen) atoms. The van der Waals surface area contributed by atoms with Crippen LogP contribution in [0.15, 0.2) is 64.2 Å². The van der Waals surface area contributed by atoms with Gasteiger partial charge >= 0.3 is 0 Å². The van der Waals surface area contributed by atoms with Crippen LogP contribution in [0.25, 0.3) is 11.0 Å². The Morgan fingerprint density at radius 1 is 1.19 bits per heavy atom. The largest absolute Gasteiger partial charge is 0.468 e. The van der Waals surface area contributed by atoms with Crippen LogP contribution in [0.4, 0.5) is 5.69 Å². The molecule has 0 radical (unpaired) electrons. The Balaban J connectivity index is 1.54. The fraction of sp³-hybridized carbons (Fsp3) is 0.227. The van der Waals surface area contributed by atoms with Gasteiger partial charge in [-0.2, -0.15) is 5.10 Å². The van der Waals surface area contributed by atoms with Crippen molar-refractivity contribution in [1.29, 1.82) is 0 Å². The minimum absolute atomic E-state index is 0.0286. The van der Waals surface area contributed by atoms with Gasteiger partial charge in [0.15, 0.2) is 5.65 Å². The van der Waals surface area contributed by atoms with Gasteiger partial charge in [0.2, 0.25) is 10.0 Å². The number of furan rings is 1. The van der Waals surface area contributed by atoms with Crippen molar-refractivity contribution in [2.75, 3.05) is 5.32 Å². The molecule has 1 aromatic carbocycles. The van der Waals surface area contributed by atoms with Crippen LogP contribution in [0.2, 0.25) is 0 Å². The number of nitrogens with one attached hydrogen (secondary N) is 2. The number of fused-ring (bicyclic) bond motifs is 1. The molecule has 0 unspecified atom stereocenters. The van der Waals surface area contributed by atoms with Gasteiger partial charge in [0.1, 0.15) is 5.76 Å². The number of benzene rings is 1. The van der Waals surface area contributed by atoms with Gasteiger partial charge in [-0.15, -0.1) is 0 Å². The summed E-state index contributed by atoms with van der Waals surface area (Å²) in [4.78, 5) is 17.5. The van der Waals surface area contributed by atoms with Crippen molar-refractivity contribution in [3.05, 3.63) is 71.9 Å². The second kappa shape index (κ2) is 8.56. The van der Waals surface area contributed by atoms with E-state index in [1.165, 1.54) is 18.4 Å². The highest BCUT2D eigenvalue weighted by Gasteiger charge is 2.18. The summed E-state index contributed by atoms with van der Waals surface area (Å²) in [6.07, 6.45) is 3.15. The quantitative estimate of drug-likeness (QED) is 0.441. The molecule has 0 saturated carbocycles. The first kappa shape index (κ1) is 21.7. The Morgan fingerprint density at radius 2 is 2.00 bits per heavy atom. The van der Waals surface area contributed by atoms with E-state index in [0.717, 1.165) is 5.39 Å². The van der Waals surface area contributed by atoms with Crippen molar-refractivity contribution in [1.82, 2.24) is 19.5 Å². The maximum atomic E-state index is 12.9. The first-order chi connectivity index (χ1) is 15.2. The third-order valence-corrected chi connectivity index (χ3v) is 6.31. The highest BCUT2D eigenvalue weighted by molar-refractivity contribution is 7.89. The summed E-state index contributed by atoms with van der Waals surface area (Å²) in [5.41, 5.74) is 2.02. The molecule has 0 aliphatic heterocycles. The topological polar surface area (TPSA) is 119 Å². The molecule has 3 heterocycles. The second-order valence-electron chi connectivity index (χ2n) is 7.60. The van der Waals surface area contributed by atoms with Crippen molar-refractivity contribution >= 4 is 32.7 Å². The number of aryl methyl sites for hydroxylation is 1. The molecule has 2 N–H and O–H groups in total. The lowest BCUT2D eigenvalue weighted by Gasteiger charge is -2.11. The maximum absolute atomic E-state index is 12.9.